The highest BCUT2D eigenvalue weighted by Gasteiger charge is 2.33. The molecule has 0 aliphatic carbocycles. The van der Waals surface area contributed by atoms with Crippen LogP contribution in [0.2, 0.25) is 0 Å². The fraction of sp³-hybridized carbons (Fsp3) is 0.312. The van der Waals surface area contributed by atoms with Crippen LogP contribution in [0.25, 0.3) is 4.96 Å². The van der Waals surface area contributed by atoms with Crippen molar-refractivity contribution >= 4 is 16.3 Å². The summed E-state index contributed by atoms with van der Waals surface area (Å²) in [6, 6.07) is 6.89. The lowest BCUT2D eigenvalue weighted by atomic mass is 10.1. The van der Waals surface area contributed by atoms with Crippen molar-refractivity contribution in [1.82, 2.24) is 19.5 Å². The normalized spacial score (nSPS) is 12.2. The molecule has 3 rings (SSSR count). The number of hydrogen-bond acceptors (Lipinski definition) is 5. The van der Waals surface area contributed by atoms with E-state index in [9.17, 15) is 18.0 Å². The van der Waals surface area contributed by atoms with E-state index in [0.717, 1.165) is 6.07 Å². The van der Waals surface area contributed by atoms with E-state index in [1.54, 1.807) is 24.9 Å². The molecule has 0 fully saturated rings. The monoisotopic (exact) mass is 368 g/mol. The van der Waals surface area contributed by atoms with Crippen LogP contribution in [0.3, 0.4) is 0 Å². The van der Waals surface area contributed by atoms with Gasteiger partial charge in [-0.1, -0.05) is 29.5 Å². The number of hydrogen-bond donors (Lipinski definition) is 0. The maximum atomic E-state index is 13.1. The molecule has 132 valence electrons. The Morgan fingerprint density at radius 1 is 1.24 bits per heavy atom. The fourth-order valence-electron chi connectivity index (χ4n) is 2.54. The minimum atomic E-state index is -4.39. The molecule has 0 bridgehead atoms. The van der Waals surface area contributed by atoms with Crippen molar-refractivity contribution in [3.8, 4) is 0 Å². The highest BCUT2D eigenvalue weighted by atomic mass is 32.1. The number of aromatic nitrogens is 3. The fourth-order valence-corrected chi connectivity index (χ4v) is 3.56. The number of alkyl halides is 3. The lowest BCUT2D eigenvalue weighted by Gasteiger charge is -2.18. The van der Waals surface area contributed by atoms with Gasteiger partial charge in [0.25, 0.3) is 5.56 Å². The first-order valence-corrected chi connectivity index (χ1v) is 8.26. The number of benzene rings is 1. The summed E-state index contributed by atoms with van der Waals surface area (Å²) in [7, 11) is 1.71. The molecule has 1 aromatic carbocycles. The molecule has 2 aromatic heterocycles. The molecule has 25 heavy (non-hydrogen) atoms. The van der Waals surface area contributed by atoms with Gasteiger partial charge in [-0.2, -0.15) is 22.8 Å². The van der Waals surface area contributed by atoms with E-state index in [4.69, 9.17) is 0 Å². The van der Waals surface area contributed by atoms with E-state index in [-0.39, 0.29) is 17.7 Å². The maximum Gasteiger partial charge on any atom is 0.416 e. The van der Waals surface area contributed by atoms with Crippen LogP contribution in [-0.2, 0) is 19.3 Å². The largest absolute Gasteiger partial charge is 0.416 e. The quantitative estimate of drug-likeness (QED) is 0.710. The topological polar surface area (TPSA) is 50.5 Å². The Hall–Kier alpha value is -2.26. The average molecular weight is 368 g/mol. The van der Waals surface area contributed by atoms with Crippen LogP contribution in [0, 0.1) is 6.92 Å². The van der Waals surface area contributed by atoms with Gasteiger partial charge in [0, 0.05) is 18.3 Å². The second kappa shape index (κ2) is 6.57. The van der Waals surface area contributed by atoms with Gasteiger partial charge in [0.15, 0.2) is 0 Å². The lowest BCUT2D eigenvalue weighted by Crippen LogP contribution is -2.20. The van der Waals surface area contributed by atoms with E-state index < -0.39 is 11.7 Å². The zero-order valence-electron chi connectivity index (χ0n) is 13.5. The predicted octanol–water partition coefficient (Wildman–Crippen LogP) is 3.11. The standard InChI is InChI=1S/C16H15F3N4OS/c1-10-7-14(24)23-15(20-10)25-13(21-23)9-22(2)8-11-5-3-4-6-12(11)16(17,18)19/h3-7H,8-9H2,1-2H3. The maximum absolute atomic E-state index is 13.1. The average Bonchev–Trinajstić information content (AvgIpc) is 2.89. The Labute approximate surface area is 145 Å². The Kier molecular flexibility index (Phi) is 4.61. The summed E-state index contributed by atoms with van der Waals surface area (Å²) < 4.78 is 40.4. The van der Waals surface area contributed by atoms with Crippen LogP contribution >= 0.6 is 11.3 Å². The molecule has 0 saturated carbocycles. The van der Waals surface area contributed by atoms with Gasteiger partial charge in [0.1, 0.15) is 5.01 Å². The molecule has 0 aliphatic heterocycles. The Bertz CT molecular complexity index is 964. The molecular weight excluding hydrogens is 353 g/mol. The zero-order chi connectivity index (χ0) is 18.2. The molecule has 0 spiro atoms. The van der Waals surface area contributed by atoms with Crippen LogP contribution in [0.15, 0.2) is 35.1 Å². The van der Waals surface area contributed by atoms with Gasteiger partial charge in [0.2, 0.25) is 4.96 Å². The van der Waals surface area contributed by atoms with Crippen molar-refractivity contribution in [3.05, 3.63) is 62.5 Å². The number of fused-ring (bicyclic) bond motifs is 1. The third-order valence-electron chi connectivity index (χ3n) is 3.58. The number of rotatable bonds is 4. The first-order valence-electron chi connectivity index (χ1n) is 7.44. The van der Waals surface area contributed by atoms with E-state index >= 15 is 0 Å². The highest BCUT2D eigenvalue weighted by Crippen LogP contribution is 2.32. The summed E-state index contributed by atoms with van der Waals surface area (Å²) in [4.78, 5) is 18.3. The molecule has 0 saturated heterocycles. The van der Waals surface area contributed by atoms with E-state index in [0.29, 0.717) is 22.2 Å². The third-order valence-corrected chi connectivity index (χ3v) is 4.48. The molecule has 0 amide bonds. The zero-order valence-corrected chi connectivity index (χ0v) is 14.4. The second-order valence-corrected chi connectivity index (χ2v) is 6.79. The Balaban J connectivity index is 1.81. The van der Waals surface area contributed by atoms with Crippen molar-refractivity contribution < 1.29 is 13.2 Å². The molecule has 3 aromatic rings. The van der Waals surface area contributed by atoms with Crippen molar-refractivity contribution in [3.63, 3.8) is 0 Å². The summed E-state index contributed by atoms with van der Waals surface area (Å²) in [5.74, 6) is 0. The van der Waals surface area contributed by atoms with Gasteiger partial charge in [-0.15, -0.1) is 0 Å². The van der Waals surface area contributed by atoms with Gasteiger partial charge >= 0.3 is 6.18 Å². The molecule has 0 N–H and O–H groups in total. The van der Waals surface area contributed by atoms with Gasteiger partial charge in [-0.3, -0.25) is 9.69 Å². The number of nitrogens with zero attached hydrogens (tertiary/aromatic N) is 4. The molecule has 0 atom stereocenters. The van der Waals surface area contributed by atoms with E-state index in [2.05, 4.69) is 10.1 Å². The van der Waals surface area contributed by atoms with Gasteiger partial charge < -0.3 is 0 Å². The van der Waals surface area contributed by atoms with E-state index in [1.165, 1.54) is 34.1 Å². The molecule has 2 heterocycles. The summed E-state index contributed by atoms with van der Waals surface area (Å²) in [6.07, 6.45) is -4.39. The smallest absolute Gasteiger partial charge is 0.295 e. The van der Waals surface area contributed by atoms with Crippen molar-refractivity contribution in [1.29, 1.82) is 0 Å². The minimum Gasteiger partial charge on any atom is -0.295 e. The first kappa shape index (κ1) is 17.6. The Morgan fingerprint density at radius 2 is 1.96 bits per heavy atom. The van der Waals surface area contributed by atoms with Crippen LogP contribution in [0.4, 0.5) is 13.2 Å². The van der Waals surface area contributed by atoms with Crippen molar-refractivity contribution in [2.45, 2.75) is 26.2 Å². The van der Waals surface area contributed by atoms with Crippen molar-refractivity contribution in [2.75, 3.05) is 7.05 Å². The third kappa shape index (κ3) is 3.88. The van der Waals surface area contributed by atoms with Crippen LogP contribution < -0.4 is 5.56 Å². The van der Waals surface area contributed by atoms with Gasteiger partial charge in [0.05, 0.1) is 12.1 Å². The molecule has 0 aliphatic rings. The summed E-state index contributed by atoms with van der Waals surface area (Å²) in [6.45, 7) is 2.16. The van der Waals surface area contributed by atoms with Crippen LogP contribution in [0.1, 0.15) is 21.8 Å². The molecule has 9 heteroatoms. The minimum absolute atomic E-state index is 0.118. The van der Waals surface area contributed by atoms with Crippen LogP contribution in [-0.4, -0.2) is 26.5 Å². The SMILES string of the molecule is Cc1cc(=O)n2nc(CN(C)Cc3ccccc3C(F)(F)F)sc2n1. The van der Waals surface area contributed by atoms with E-state index in [1.807, 2.05) is 0 Å². The summed E-state index contributed by atoms with van der Waals surface area (Å²) in [5.41, 5.74) is -0.105. The molecular formula is C16H15F3N4OS. The number of halogens is 3. The lowest BCUT2D eigenvalue weighted by molar-refractivity contribution is -0.138. The van der Waals surface area contributed by atoms with Crippen molar-refractivity contribution in [2.24, 2.45) is 0 Å². The summed E-state index contributed by atoms with van der Waals surface area (Å²) >= 11 is 1.25. The number of aryl methyl sites for hydroxylation is 1. The van der Waals surface area contributed by atoms with Gasteiger partial charge in [-0.25, -0.2) is 4.98 Å². The summed E-state index contributed by atoms with van der Waals surface area (Å²) in [5, 5.41) is 4.82. The first-order chi connectivity index (χ1) is 11.7. The van der Waals surface area contributed by atoms with Gasteiger partial charge in [-0.05, 0) is 25.6 Å². The Morgan fingerprint density at radius 3 is 2.68 bits per heavy atom. The molecule has 5 nitrogen and oxygen atoms in total. The highest BCUT2D eigenvalue weighted by molar-refractivity contribution is 7.16. The molecule has 0 unspecified atom stereocenters. The predicted molar refractivity (Wildman–Crippen MR) is 88.5 cm³/mol. The van der Waals surface area contributed by atoms with Crippen LogP contribution in [0.5, 0.6) is 0 Å². The molecule has 0 radical (unpaired) electrons. The second-order valence-electron chi connectivity index (χ2n) is 5.75.